The Morgan fingerprint density at radius 1 is 1.17 bits per heavy atom. The molecule has 0 fully saturated rings. The number of aromatic nitrogens is 2. The Morgan fingerprint density at radius 2 is 1.97 bits per heavy atom. The second kappa shape index (κ2) is 9.41. The van der Waals surface area contributed by atoms with Crippen LogP contribution in [-0.2, 0) is 4.74 Å². The molecular weight excluding hydrogens is 386 g/mol. The number of ether oxygens (including phenoxy) is 3. The van der Waals surface area contributed by atoms with Gasteiger partial charge in [-0.2, -0.15) is 0 Å². The van der Waals surface area contributed by atoms with E-state index in [9.17, 15) is 9.59 Å². The number of carbonyl (C=O) groups is 1. The normalized spacial score (nSPS) is 11.0. The molecule has 0 unspecified atom stereocenters. The van der Waals surface area contributed by atoms with E-state index in [4.69, 9.17) is 14.2 Å². The topological polar surface area (TPSA) is 93.8 Å². The van der Waals surface area contributed by atoms with Gasteiger partial charge in [0.25, 0.3) is 5.56 Å². The van der Waals surface area contributed by atoms with E-state index in [0.29, 0.717) is 52.5 Å². The molecule has 0 aliphatic rings. The van der Waals surface area contributed by atoms with Gasteiger partial charge in [-0.05, 0) is 57.4 Å². The molecule has 1 N–H and O–H groups in total. The van der Waals surface area contributed by atoms with E-state index in [1.807, 2.05) is 25.9 Å². The predicted octanol–water partition coefficient (Wildman–Crippen LogP) is 2.72. The maximum Gasteiger partial charge on any atom is 0.338 e. The molecule has 3 aromatic rings. The summed E-state index contributed by atoms with van der Waals surface area (Å²) in [5, 5.41) is 0.307. The lowest BCUT2D eigenvalue weighted by molar-refractivity contribution is 0.0482. The highest BCUT2D eigenvalue weighted by molar-refractivity contribution is 5.94. The second-order valence-electron chi connectivity index (χ2n) is 6.88. The summed E-state index contributed by atoms with van der Waals surface area (Å²) in [5.74, 6) is 1.08. The summed E-state index contributed by atoms with van der Waals surface area (Å²) in [5.41, 5.74) is 1.02. The van der Waals surface area contributed by atoms with E-state index in [2.05, 4.69) is 9.97 Å². The first-order chi connectivity index (χ1) is 14.4. The highest BCUT2D eigenvalue weighted by Gasteiger charge is 2.15. The molecule has 0 saturated carbocycles. The van der Waals surface area contributed by atoms with Crippen LogP contribution in [0.5, 0.6) is 11.5 Å². The standard InChI is InChI=1S/C22H25N3O5/c1-5-29-19-9-7-15(28-4)13-17(19)20-23-18-8-6-14(12-16(18)21(26)24-20)22(27)30-11-10-25(2)3/h6-9,12-13H,5,10-11H2,1-4H3,(H,23,24,26). The van der Waals surface area contributed by atoms with Crippen molar-refractivity contribution >= 4 is 16.9 Å². The van der Waals surface area contributed by atoms with Crippen LogP contribution < -0.4 is 15.0 Å². The van der Waals surface area contributed by atoms with Crippen LogP contribution in [0.4, 0.5) is 0 Å². The van der Waals surface area contributed by atoms with Crippen LogP contribution in [-0.4, -0.2) is 61.8 Å². The van der Waals surface area contributed by atoms with Crippen molar-refractivity contribution in [1.82, 2.24) is 14.9 Å². The summed E-state index contributed by atoms with van der Waals surface area (Å²) in [6.45, 7) is 3.24. The number of hydrogen-bond acceptors (Lipinski definition) is 7. The quantitative estimate of drug-likeness (QED) is 0.570. The van der Waals surface area contributed by atoms with E-state index in [0.717, 1.165) is 0 Å². The van der Waals surface area contributed by atoms with Gasteiger partial charge in [0, 0.05) is 6.54 Å². The molecule has 0 radical (unpaired) electrons. The van der Waals surface area contributed by atoms with E-state index in [1.54, 1.807) is 37.4 Å². The highest BCUT2D eigenvalue weighted by Crippen LogP contribution is 2.31. The van der Waals surface area contributed by atoms with E-state index >= 15 is 0 Å². The van der Waals surface area contributed by atoms with Crippen LogP contribution in [0.15, 0.2) is 41.2 Å². The summed E-state index contributed by atoms with van der Waals surface area (Å²) >= 11 is 0. The maximum atomic E-state index is 12.7. The minimum atomic E-state index is -0.478. The number of nitrogens with zero attached hydrogens (tertiary/aromatic N) is 2. The zero-order chi connectivity index (χ0) is 21.7. The van der Waals surface area contributed by atoms with Gasteiger partial charge in [-0.1, -0.05) is 0 Å². The smallest absolute Gasteiger partial charge is 0.338 e. The minimum Gasteiger partial charge on any atom is -0.497 e. The molecule has 0 spiro atoms. The molecule has 3 rings (SSSR count). The SMILES string of the molecule is CCOc1ccc(OC)cc1-c1nc2ccc(C(=O)OCCN(C)C)cc2c(=O)[nH]1. The Morgan fingerprint density at radius 3 is 2.67 bits per heavy atom. The van der Waals surface area contributed by atoms with Gasteiger partial charge >= 0.3 is 5.97 Å². The molecule has 0 aliphatic heterocycles. The third-order valence-corrected chi connectivity index (χ3v) is 4.45. The Labute approximate surface area is 174 Å². The lowest BCUT2D eigenvalue weighted by Crippen LogP contribution is -2.20. The number of nitrogens with one attached hydrogen (secondary N) is 1. The van der Waals surface area contributed by atoms with E-state index < -0.39 is 5.97 Å². The fourth-order valence-corrected chi connectivity index (χ4v) is 2.90. The van der Waals surface area contributed by atoms with Crippen molar-refractivity contribution in [3.63, 3.8) is 0 Å². The molecule has 0 saturated heterocycles. The molecular formula is C22H25N3O5. The Balaban J connectivity index is 1.98. The maximum absolute atomic E-state index is 12.7. The van der Waals surface area contributed by atoms with Crippen molar-refractivity contribution in [3.05, 3.63) is 52.3 Å². The average Bonchev–Trinajstić information content (AvgIpc) is 2.73. The van der Waals surface area contributed by atoms with Gasteiger partial charge in [-0.15, -0.1) is 0 Å². The number of H-pyrrole nitrogens is 1. The first-order valence-electron chi connectivity index (χ1n) is 9.60. The summed E-state index contributed by atoms with van der Waals surface area (Å²) in [7, 11) is 5.35. The zero-order valence-corrected chi connectivity index (χ0v) is 17.5. The molecule has 1 aromatic heterocycles. The molecule has 158 valence electrons. The van der Waals surface area contributed by atoms with E-state index in [-0.39, 0.29) is 12.2 Å². The Bertz CT molecular complexity index is 1110. The minimum absolute atomic E-state index is 0.271. The van der Waals surface area contributed by atoms with Crippen LogP contribution >= 0.6 is 0 Å². The third kappa shape index (κ3) is 4.77. The first-order valence-corrected chi connectivity index (χ1v) is 9.60. The van der Waals surface area contributed by atoms with Crippen molar-refractivity contribution in [1.29, 1.82) is 0 Å². The van der Waals surface area contributed by atoms with E-state index in [1.165, 1.54) is 6.07 Å². The number of esters is 1. The number of fused-ring (bicyclic) bond motifs is 1. The average molecular weight is 411 g/mol. The molecule has 1 heterocycles. The third-order valence-electron chi connectivity index (χ3n) is 4.45. The van der Waals surface area contributed by atoms with Crippen molar-refractivity contribution in [3.8, 4) is 22.9 Å². The number of rotatable bonds is 8. The van der Waals surface area contributed by atoms with Crippen molar-refractivity contribution in [2.45, 2.75) is 6.92 Å². The summed E-state index contributed by atoms with van der Waals surface area (Å²) in [6, 6.07) is 10.0. The number of benzene rings is 2. The molecule has 0 aliphatic carbocycles. The lowest BCUT2D eigenvalue weighted by Gasteiger charge is -2.12. The lowest BCUT2D eigenvalue weighted by atomic mass is 10.1. The highest BCUT2D eigenvalue weighted by atomic mass is 16.5. The van der Waals surface area contributed by atoms with Crippen LogP contribution in [0.1, 0.15) is 17.3 Å². The van der Waals surface area contributed by atoms with Crippen LogP contribution in [0.25, 0.3) is 22.3 Å². The van der Waals surface area contributed by atoms with Crippen molar-refractivity contribution in [2.24, 2.45) is 0 Å². The molecule has 8 nitrogen and oxygen atoms in total. The zero-order valence-electron chi connectivity index (χ0n) is 17.5. The molecule has 30 heavy (non-hydrogen) atoms. The van der Waals surface area contributed by atoms with Crippen molar-refractivity contribution in [2.75, 3.05) is 41.0 Å². The Hall–Kier alpha value is -3.39. The van der Waals surface area contributed by atoms with Gasteiger partial charge in [0.2, 0.25) is 0 Å². The molecule has 8 heteroatoms. The fourth-order valence-electron chi connectivity index (χ4n) is 2.90. The van der Waals surface area contributed by atoms with Crippen molar-refractivity contribution < 1.29 is 19.0 Å². The molecule has 2 aromatic carbocycles. The summed E-state index contributed by atoms with van der Waals surface area (Å²) < 4.78 is 16.2. The van der Waals surface area contributed by atoms with Gasteiger partial charge < -0.3 is 24.1 Å². The van der Waals surface area contributed by atoms with Gasteiger partial charge in [0.15, 0.2) is 0 Å². The van der Waals surface area contributed by atoms with Gasteiger partial charge in [-0.3, -0.25) is 4.79 Å². The van der Waals surface area contributed by atoms with Crippen LogP contribution in [0.3, 0.4) is 0 Å². The Kier molecular flexibility index (Phi) is 6.68. The number of hydrogen-bond donors (Lipinski definition) is 1. The molecule has 0 atom stereocenters. The number of methoxy groups -OCH3 is 1. The summed E-state index contributed by atoms with van der Waals surface area (Å²) in [6.07, 6.45) is 0. The first kappa shape index (κ1) is 21.3. The monoisotopic (exact) mass is 411 g/mol. The van der Waals surface area contributed by atoms with Gasteiger partial charge in [0.05, 0.1) is 35.7 Å². The molecule has 0 bridgehead atoms. The predicted molar refractivity (Wildman–Crippen MR) is 114 cm³/mol. The summed E-state index contributed by atoms with van der Waals surface area (Å²) in [4.78, 5) is 34.3. The van der Waals surface area contributed by atoms with Crippen LogP contribution in [0, 0.1) is 0 Å². The van der Waals surface area contributed by atoms with Crippen LogP contribution in [0.2, 0.25) is 0 Å². The second-order valence-corrected chi connectivity index (χ2v) is 6.88. The largest absolute Gasteiger partial charge is 0.497 e. The van der Waals surface area contributed by atoms with Gasteiger partial charge in [0.1, 0.15) is 23.9 Å². The fraction of sp³-hybridized carbons (Fsp3) is 0.318. The molecule has 0 amide bonds. The van der Waals surface area contributed by atoms with Gasteiger partial charge in [-0.25, -0.2) is 9.78 Å². The number of aromatic amines is 1. The number of carbonyl (C=O) groups excluding carboxylic acids is 1. The number of likely N-dealkylation sites (N-methyl/N-ethyl adjacent to an activating group) is 1.